The van der Waals surface area contributed by atoms with Gasteiger partial charge in [0.1, 0.15) is 5.82 Å². The third-order valence-corrected chi connectivity index (χ3v) is 9.00. The van der Waals surface area contributed by atoms with Crippen LogP contribution < -0.4 is 0 Å². The van der Waals surface area contributed by atoms with Gasteiger partial charge in [-0.05, 0) is 91.0 Å². The van der Waals surface area contributed by atoms with E-state index in [0.717, 1.165) is 28.1 Å². The number of imidazole rings is 1. The minimum atomic E-state index is 0.946. The van der Waals surface area contributed by atoms with E-state index in [1.165, 1.54) is 54.6 Å². The highest BCUT2D eigenvalue weighted by Crippen LogP contribution is 2.42. The summed E-state index contributed by atoms with van der Waals surface area (Å²) in [5, 5.41) is 7.62. The Morgan fingerprint density at radius 3 is 1.42 bits per heavy atom. The molecule has 9 aromatic rings. The van der Waals surface area contributed by atoms with E-state index in [2.05, 4.69) is 168 Å². The van der Waals surface area contributed by atoms with Gasteiger partial charge >= 0.3 is 0 Å². The number of para-hydroxylation sites is 2. The lowest BCUT2D eigenvalue weighted by Crippen LogP contribution is -1.97. The molecular weight excluding hydrogens is 544 g/mol. The van der Waals surface area contributed by atoms with Gasteiger partial charge in [0.25, 0.3) is 0 Å². The quantitative estimate of drug-likeness (QED) is 0.192. The van der Waals surface area contributed by atoms with E-state index in [1.54, 1.807) is 0 Å². The van der Waals surface area contributed by atoms with Crippen LogP contribution in [0.4, 0.5) is 0 Å². The number of hydrogen-bond donors (Lipinski definition) is 0. The molecule has 0 fully saturated rings. The molecule has 0 aliphatic carbocycles. The average molecular weight is 573 g/mol. The van der Waals surface area contributed by atoms with Crippen LogP contribution in [-0.4, -0.2) is 9.55 Å². The first-order valence-corrected chi connectivity index (χ1v) is 15.4. The summed E-state index contributed by atoms with van der Waals surface area (Å²) < 4.78 is 2.27. The van der Waals surface area contributed by atoms with Gasteiger partial charge in [-0.25, -0.2) is 4.98 Å². The molecule has 0 bridgehead atoms. The number of rotatable bonds is 4. The molecule has 0 saturated heterocycles. The van der Waals surface area contributed by atoms with Gasteiger partial charge in [-0.15, -0.1) is 0 Å². The van der Waals surface area contributed by atoms with Crippen molar-refractivity contribution in [2.75, 3.05) is 0 Å². The van der Waals surface area contributed by atoms with Gasteiger partial charge < -0.3 is 0 Å². The zero-order chi connectivity index (χ0) is 29.7. The van der Waals surface area contributed by atoms with Gasteiger partial charge in [-0.1, -0.05) is 133 Å². The van der Waals surface area contributed by atoms with Crippen molar-refractivity contribution in [2.45, 2.75) is 0 Å². The van der Waals surface area contributed by atoms with E-state index in [-0.39, 0.29) is 0 Å². The summed E-state index contributed by atoms with van der Waals surface area (Å²) in [7, 11) is 0. The fourth-order valence-electron chi connectivity index (χ4n) is 6.90. The van der Waals surface area contributed by atoms with Crippen molar-refractivity contribution in [3.05, 3.63) is 170 Å². The zero-order valence-electron chi connectivity index (χ0n) is 24.6. The van der Waals surface area contributed by atoms with Crippen molar-refractivity contribution < 1.29 is 0 Å². The standard InChI is InChI=1S/C43H28N2/c1-3-13-29(14-4-1)37-27-39-36-20-10-8-18-34(36)38(28-40(39)35-19-9-7-17-33(35)37)30-23-25-32(26-24-30)45-42-22-12-11-21-41(42)44-43(45)31-15-5-2-6-16-31/h1-28H. The minimum absolute atomic E-state index is 0.946. The van der Waals surface area contributed by atoms with Crippen molar-refractivity contribution in [3.63, 3.8) is 0 Å². The van der Waals surface area contributed by atoms with Crippen LogP contribution in [0.1, 0.15) is 0 Å². The smallest absolute Gasteiger partial charge is 0.145 e. The maximum absolute atomic E-state index is 5.04. The van der Waals surface area contributed by atoms with Gasteiger partial charge in [-0.3, -0.25) is 4.57 Å². The van der Waals surface area contributed by atoms with Crippen LogP contribution in [0.15, 0.2) is 170 Å². The molecule has 9 rings (SSSR count). The summed E-state index contributed by atoms with van der Waals surface area (Å²) in [4.78, 5) is 5.04. The summed E-state index contributed by atoms with van der Waals surface area (Å²) in [6.07, 6.45) is 0. The van der Waals surface area contributed by atoms with Gasteiger partial charge in [0.2, 0.25) is 0 Å². The second-order valence-corrected chi connectivity index (χ2v) is 11.6. The minimum Gasteiger partial charge on any atom is -0.292 e. The summed E-state index contributed by atoms with van der Waals surface area (Å²) >= 11 is 0. The molecule has 8 aromatic carbocycles. The molecule has 2 heteroatoms. The molecule has 0 unspecified atom stereocenters. The van der Waals surface area contributed by atoms with Crippen molar-refractivity contribution in [1.29, 1.82) is 0 Å². The first-order valence-electron chi connectivity index (χ1n) is 15.4. The van der Waals surface area contributed by atoms with Crippen LogP contribution in [0.5, 0.6) is 0 Å². The second-order valence-electron chi connectivity index (χ2n) is 11.6. The molecule has 45 heavy (non-hydrogen) atoms. The average Bonchev–Trinajstić information content (AvgIpc) is 3.51. The Bertz CT molecular complexity index is 2510. The molecule has 0 aliphatic heterocycles. The Hall–Kier alpha value is -5.99. The largest absolute Gasteiger partial charge is 0.292 e. The summed E-state index contributed by atoms with van der Waals surface area (Å²) in [5.41, 5.74) is 9.21. The van der Waals surface area contributed by atoms with Crippen molar-refractivity contribution >= 4 is 43.4 Å². The summed E-state index contributed by atoms with van der Waals surface area (Å²) in [5.74, 6) is 0.946. The number of nitrogens with zero attached hydrogens (tertiary/aromatic N) is 2. The topological polar surface area (TPSA) is 17.8 Å². The van der Waals surface area contributed by atoms with E-state index >= 15 is 0 Å². The molecule has 0 amide bonds. The fraction of sp³-hybridized carbons (Fsp3) is 0. The fourth-order valence-corrected chi connectivity index (χ4v) is 6.90. The van der Waals surface area contributed by atoms with Gasteiger partial charge in [0.05, 0.1) is 11.0 Å². The van der Waals surface area contributed by atoms with Gasteiger partial charge in [-0.2, -0.15) is 0 Å². The lowest BCUT2D eigenvalue weighted by atomic mass is 9.88. The van der Waals surface area contributed by atoms with Crippen LogP contribution in [0.2, 0.25) is 0 Å². The molecule has 0 radical (unpaired) electrons. The van der Waals surface area contributed by atoms with Crippen molar-refractivity contribution in [2.24, 2.45) is 0 Å². The normalized spacial score (nSPS) is 11.6. The van der Waals surface area contributed by atoms with E-state index < -0.39 is 0 Å². The van der Waals surface area contributed by atoms with Crippen LogP contribution in [-0.2, 0) is 0 Å². The molecule has 1 heterocycles. The van der Waals surface area contributed by atoms with Crippen LogP contribution in [0, 0.1) is 0 Å². The number of fused-ring (bicyclic) bond motifs is 6. The van der Waals surface area contributed by atoms with Crippen LogP contribution in [0.25, 0.3) is 82.7 Å². The molecule has 0 spiro atoms. The van der Waals surface area contributed by atoms with E-state index in [1.807, 2.05) is 6.07 Å². The van der Waals surface area contributed by atoms with Crippen LogP contribution >= 0.6 is 0 Å². The molecule has 0 N–H and O–H groups in total. The molecule has 0 saturated carbocycles. The predicted octanol–water partition coefficient (Wildman–Crippen LogP) is 11.5. The molecule has 2 nitrogen and oxygen atoms in total. The highest BCUT2D eigenvalue weighted by molar-refractivity contribution is 6.23. The highest BCUT2D eigenvalue weighted by atomic mass is 15.1. The van der Waals surface area contributed by atoms with E-state index in [9.17, 15) is 0 Å². The van der Waals surface area contributed by atoms with E-state index in [4.69, 9.17) is 4.98 Å². The molecule has 210 valence electrons. The molecule has 0 atom stereocenters. The van der Waals surface area contributed by atoms with Crippen LogP contribution in [0.3, 0.4) is 0 Å². The lowest BCUT2D eigenvalue weighted by Gasteiger charge is -2.16. The Labute approximate surface area is 261 Å². The zero-order valence-corrected chi connectivity index (χ0v) is 24.6. The predicted molar refractivity (Wildman–Crippen MR) is 190 cm³/mol. The molecular formula is C43H28N2. The number of hydrogen-bond acceptors (Lipinski definition) is 1. The second kappa shape index (κ2) is 10.3. The monoisotopic (exact) mass is 572 g/mol. The summed E-state index contributed by atoms with van der Waals surface area (Å²) in [6, 6.07) is 60.9. The van der Waals surface area contributed by atoms with Crippen molar-refractivity contribution in [3.8, 4) is 39.3 Å². The van der Waals surface area contributed by atoms with Gasteiger partial charge in [0.15, 0.2) is 0 Å². The maximum Gasteiger partial charge on any atom is 0.145 e. The summed E-state index contributed by atoms with van der Waals surface area (Å²) in [6.45, 7) is 0. The highest BCUT2D eigenvalue weighted by Gasteiger charge is 2.16. The first-order chi connectivity index (χ1) is 22.3. The van der Waals surface area contributed by atoms with Gasteiger partial charge in [0, 0.05) is 11.3 Å². The molecule has 0 aliphatic rings. The Morgan fingerprint density at radius 1 is 0.356 bits per heavy atom. The Kier molecular flexibility index (Phi) is 5.85. The maximum atomic E-state index is 5.04. The number of benzene rings is 8. The third kappa shape index (κ3) is 4.15. The Morgan fingerprint density at radius 2 is 0.822 bits per heavy atom. The SMILES string of the molecule is c1ccc(-c2cc3c4ccccc4c(-c4ccc(-n5c(-c6ccccc6)nc6ccccc65)cc4)cc3c3ccccc23)cc1. The first kappa shape index (κ1) is 25.5. The third-order valence-electron chi connectivity index (χ3n) is 9.00. The van der Waals surface area contributed by atoms with E-state index in [0.29, 0.717) is 0 Å². The lowest BCUT2D eigenvalue weighted by molar-refractivity contribution is 1.10. The van der Waals surface area contributed by atoms with Crippen molar-refractivity contribution in [1.82, 2.24) is 9.55 Å². The molecule has 1 aromatic heterocycles. The Balaban J connectivity index is 1.26. The number of aromatic nitrogens is 2.